The summed E-state index contributed by atoms with van der Waals surface area (Å²) in [6, 6.07) is 34.3. The Bertz CT molecular complexity index is 3270. The second-order valence-corrected chi connectivity index (χ2v) is 30.1. The summed E-state index contributed by atoms with van der Waals surface area (Å²) in [5, 5.41) is 0. The summed E-state index contributed by atoms with van der Waals surface area (Å²) < 4.78 is 65.8. The van der Waals surface area contributed by atoms with E-state index in [0.29, 0.717) is 54.4 Å². The van der Waals surface area contributed by atoms with E-state index < -0.39 is 79.3 Å². The number of carbonyl (C=O) groups is 6. The van der Waals surface area contributed by atoms with Gasteiger partial charge in [-0.05, 0) is 177 Å². The molecule has 7 fully saturated rings. The smallest absolute Gasteiger partial charge is 0.338 e. The Kier molecular flexibility index (Phi) is 22.9. The van der Waals surface area contributed by atoms with Crippen LogP contribution in [0.15, 0.2) is 121 Å². The number of carbonyl (C=O) groups excluding carboxylic acids is 6. The Labute approximate surface area is 568 Å². The summed E-state index contributed by atoms with van der Waals surface area (Å²) >= 11 is 0. The molecule has 0 radical (unpaired) electrons. The molecule has 4 aromatic rings. The molecule has 3 heterocycles. The standard InChI is InChI=1S/C80H104O16/c1-12-64-48(5)47(4)51(8)76(90-64)96-68-50(7)49(6)66(45-87-72(83)53-26-18-14-19-27-53)92-78(68)89-58-38-40-79(10)57(42-58)35-36-59-60(79)39-41-80(11)61(59)43-63(82)67(80)52(9)62(81)37-34-46(3)44-88-77-71(95-75(86)56-32-24-17-25-33-56)70(94-74(85)55-30-22-16-23-31-55)69(65(13-2)91-77)93-73(84)54-28-20-15-21-29-54/h14-33,46-52,57-61,64-71,76-78H,12-13,34-45H2,1-11H3/t46-,47-,48+,49+,50-,51?,52+,57?,58?,59?,60?,61?,64?,65?,66?,67?,68?,69-,70-,71?,76-,77+,78+,79?,80?/m0/s1. The molecular formula is C80H104O16. The molecule has 0 N–H and O–H groups in total. The zero-order valence-electron chi connectivity index (χ0n) is 58.3. The number of Topliss-reactive ketones (excluding diaryl/α,β-unsaturated/α-hetero) is 2. The predicted molar refractivity (Wildman–Crippen MR) is 360 cm³/mol. The van der Waals surface area contributed by atoms with Gasteiger partial charge in [-0.3, -0.25) is 9.59 Å². The van der Waals surface area contributed by atoms with Gasteiger partial charge in [0.15, 0.2) is 37.2 Å². The highest BCUT2D eigenvalue weighted by Gasteiger charge is 2.64. The minimum absolute atomic E-state index is 0.00153. The first-order valence-electron chi connectivity index (χ1n) is 36.1. The van der Waals surface area contributed by atoms with Gasteiger partial charge in [0.1, 0.15) is 30.4 Å². The van der Waals surface area contributed by atoms with Crippen LogP contribution in [0.5, 0.6) is 0 Å². The molecule has 3 saturated heterocycles. The van der Waals surface area contributed by atoms with Crippen LogP contribution in [0.25, 0.3) is 0 Å². The van der Waals surface area contributed by atoms with Crippen molar-refractivity contribution in [2.75, 3.05) is 13.2 Å². The van der Waals surface area contributed by atoms with Gasteiger partial charge < -0.3 is 47.4 Å². The van der Waals surface area contributed by atoms with Gasteiger partial charge in [0.25, 0.3) is 0 Å². The molecule has 4 saturated carbocycles. The lowest BCUT2D eigenvalue weighted by Crippen LogP contribution is -2.62. The fraction of sp³-hybridized carbons (Fsp3) is 0.625. The van der Waals surface area contributed by atoms with E-state index in [4.69, 9.17) is 47.4 Å². The number of rotatable bonds is 23. The number of hydrogen-bond acceptors (Lipinski definition) is 16. The fourth-order valence-corrected chi connectivity index (χ4v) is 18.2. The molecule has 16 nitrogen and oxygen atoms in total. The molecular weight excluding hydrogens is 1220 g/mol. The van der Waals surface area contributed by atoms with Crippen LogP contribution >= 0.6 is 0 Å². The van der Waals surface area contributed by atoms with E-state index in [1.165, 1.54) is 0 Å². The monoisotopic (exact) mass is 1320 g/mol. The first kappa shape index (κ1) is 71.2. The van der Waals surface area contributed by atoms with Gasteiger partial charge in [0, 0.05) is 30.6 Å². The Balaban J connectivity index is 0.728. The third kappa shape index (κ3) is 15.1. The van der Waals surface area contributed by atoms with Gasteiger partial charge in [0.05, 0.1) is 47.2 Å². The number of benzene rings is 4. The molecule has 25 atom stereocenters. The lowest BCUT2D eigenvalue weighted by Gasteiger charge is -2.61. The molecule has 3 aliphatic heterocycles. The van der Waals surface area contributed by atoms with Gasteiger partial charge in [-0.25, -0.2) is 19.2 Å². The molecule has 14 unspecified atom stereocenters. The number of ether oxygens (including phenoxy) is 10. The molecule has 0 bridgehead atoms. The van der Waals surface area contributed by atoms with Gasteiger partial charge in [-0.2, -0.15) is 0 Å². The second-order valence-electron chi connectivity index (χ2n) is 30.1. The molecule has 0 amide bonds. The Hall–Kier alpha value is -6.14. The Morgan fingerprint density at radius 1 is 0.521 bits per heavy atom. The van der Waals surface area contributed by atoms with Crippen molar-refractivity contribution in [3.63, 3.8) is 0 Å². The largest absolute Gasteiger partial charge is 0.459 e. The highest BCUT2D eigenvalue weighted by molar-refractivity contribution is 5.93. The van der Waals surface area contributed by atoms with E-state index in [-0.39, 0.29) is 112 Å². The molecule has 96 heavy (non-hydrogen) atoms. The highest BCUT2D eigenvalue weighted by atomic mass is 16.7. The topological polar surface area (TPSA) is 195 Å². The van der Waals surface area contributed by atoms with Crippen LogP contribution in [0, 0.1) is 81.8 Å². The van der Waals surface area contributed by atoms with Crippen LogP contribution in [0.2, 0.25) is 0 Å². The average Bonchev–Trinajstić information content (AvgIpc) is 1.43. The number of esters is 4. The first-order valence-corrected chi connectivity index (χ1v) is 36.1. The minimum Gasteiger partial charge on any atom is -0.459 e. The normalized spacial score (nSPS) is 37.2. The summed E-state index contributed by atoms with van der Waals surface area (Å²) in [6.45, 7) is 24.1. The third-order valence-corrected chi connectivity index (χ3v) is 24.6. The summed E-state index contributed by atoms with van der Waals surface area (Å²) in [4.78, 5) is 84.2. The predicted octanol–water partition coefficient (Wildman–Crippen LogP) is 14.9. The van der Waals surface area contributed by atoms with Crippen LogP contribution in [0.4, 0.5) is 0 Å². The average molecular weight is 1320 g/mol. The van der Waals surface area contributed by atoms with Crippen LogP contribution in [-0.4, -0.2) is 116 Å². The van der Waals surface area contributed by atoms with Crippen molar-refractivity contribution < 1.29 is 76.1 Å². The number of fused-ring (bicyclic) bond motifs is 5. The van der Waals surface area contributed by atoms with Crippen molar-refractivity contribution in [3.05, 3.63) is 144 Å². The number of hydrogen-bond donors (Lipinski definition) is 0. The van der Waals surface area contributed by atoms with Crippen molar-refractivity contribution >= 4 is 35.4 Å². The number of ketones is 2. The molecule has 520 valence electrons. The summed E-state index contributed by atoms with van der Waals surface area (Å²) in [6.07, 6.45) is 1.19. The Morgan fingerprint density at radius 2 is 1.04 bits per heavy atom. The maximum absolute atomic E-state index is 14.6. The molecule has 4 aromatic carbocycles. The molecule has 4 aliphatic carbocycles. The van der Waals surface area contributed by atoms with Gasteiger partial charge in [-0.15, -0.1) is 0 Å². The maximum atomic E-state index is 14.6. The second kappa shape index (κ2) is 31.0. The summed E-state index contributed by atoms with van der Waals surface area (Å²) in [5.74, 6) is -0.857. The maximum Gasteiger partial charge on any atom is 0.338 e. The van der Waals surface area contributed by atoms with E-state index in [0.717, 1.165) is 51.4 Å². The zero-order chi connectivity index (χ0) is 68.2. The van der Waals surface area contributed by atoms with E-state index >= 15 is 0 Å². The molecule has 16 heteroatoms. The molecule has 0 spiro atoms. The van der Waals surface area contributed by atoms with E-state index in [1.54, 1.807) is 103 Å². The van der Waals surface area contributed by atoms with Crippen LogP contribution in [0.1, 0.15) is 195 Å². The van der Waals surface area contributed by atoms with Crippen molar-refractivity contribution in [1.82, 2.24) is 0 Å². The Morgan fingerprint density at radius 3 is 1.62 bits per heavy atom. The van der Waals surface area contributed by atoms with Crippen molar-refractivity contribution in [2.45, 2.75) is 221 Å². The highest BCUT2D eigenvalue weighted by Crippen LogP contribution is 2.68. The van der Waals surface area contributed by atoms with E-state index in [9.17, 15) is 28.8 Å². The third-order valence-electron chi connectivity index (χ3n) is 24.6. The molecule has 11 rings (SSSR count). The van der Waals surface area contributed by atoms with Gasteiger partial charge >= 0.3 is 23.9 Å². The zero-order valence-corrected chi connectivity index (χ0v) is 58.3. The van der Waals surface area contributed by atoms with Crippen LogP contribution in [0.3, 0.4) is 0 Å². The SMILES string of the molecule is CCC1O[C@@H](OC2[C@H](OC3CCC4(C)C(CCC5C4CCC4(C)C5CC(=O)C4[C@H](C)C(=O)CC[C@H](C)CO[C@@H]4OC(CC)[C@H](OC(=O)c5ccccc5)[C@H](OC(=O)c5ccccc5)C4OC(=O)c4ccccc4)C3)OC(COC(=O)c3ccccc3)[C@H](C)[C@@H]2C)C(C)[C@@H](C)[C@H]1C. The van der Waals surface area contributed by atoms with Gasteiger partial charge in [-0.1, -0.05) is 149 Å². The quantitative estimate of drug-likeness (QED) is 0.0386. The van der Waals surface area contributed by atoms with Crippen molar-refractivity contribution in [2.24, 2.45) is 81.8 Å². The van der Waals surface area contributed by atoms with Gasteiger partial charge in [0.2, 0.25) is 0 Å². The lowest BCUT2D eigenvalue weighted by molar-refractivity contribution is -0.347. The van der Waals surface area contributed by atoms with E-state index in [1.807, 2.05) is 39.0 Å². The van der Waals surface area contributed by atoms with Crippen LogP contribution in [-0.2, 0) is 57.0 Å². The molecule has 7 aliphatic rings. The van der Waals surface area contributed by atoms with Crippen molar-refractivity contribution in [1.29, 1.82) is 0 Å². The fourth-order valence-electron chi connectivity index (χ4n) is 18.2. The van der Waals surface area contributed by atoms with Crippen molar-refractivity contribution in [3.8, 4) is 0 Å². The molecule has 0 aromatic heterocycles. The van der Waals surface area contributed by atoms with Crippen LogP contribution < -0.4 is 0 Å². The minimum atomic E-state index is -1.40. The lowest BCUT2D eigenvalue weighted by atomic mass is 9.44. The summed E-state index contributed by atoms with van der Waals surface area (Å²) in [7, 11) is 0. The summed E-state index contributed by atoms with van der Waals surface area (Å²) in [5.41, 5.74) is 1.01. The first-order chi connectivity index (χ1) is 46.1. The van der Waals surface area contributed by atoms with E-state index in [2.05, 4.69) is 55.4 Å².